The van der Waals surface area contributed by atoms with Gasteiger partial charge < -0.3 is 10.6 Å². The molecule has 1 saturated heterocycles. The van der Waals surface area contributed by atoms with E-state index in [4.69, 9.17) is 11.6 Å². The van der Waals surface area contributed by atoms with Crippen LogP contribution in [0.25, 0.3) is 0 Å². The van der Waals surface area contributed by atoms with Crippen molar-refractivity contribution in [3.05, 3.63) is 56.7 Å². The molecule has 2 aliphatic rings. The number of hydrogen-bond acceptors (Lipinski definition) is 4. The Morgan fingerprint density at radius 1 is 1.32 bits per heavy atom. The Bertz CT molecular complexity index is 942. The number of carbonyl (C=O) groups is 3. The van der Waals surface area contributed by atoms with Crippen molar-refractivity contribution in [2.75, 3.05) is 6.54 Å². The summed E-state index contributed by atoms with van der Waals surface area (Å²) in [6, 6.07) is 8.29. The molecule has 0 unspecified atom stereocenters. The van der Waals surface area contributed by atoms with Crippen LogP contribution in [-0.2, 0) is 21.5 Å². The molecule has 1 aromatic carbocycles. The van der Waals surface area contributed by atoms with Crippen LogP contribution in [0.4, 0.5) is 4.79 Å². The molecule has 2 N–H and O–H groups in total. The van der Waals surface area contributed by atoms with Gasteiger partial charge in [0.25, 0.3) is 5.91 Å². The van der Waals surface area contributed by atoms with Crippen LogP contribution < -0.4 is 10.6 Å². The summed E-state index contributed by atoms with van der Waals surface area (Å²) in [5.41, 5.74) is 0.744. The van der Waals surface area contributed by atoms with Crippen molar-refractivity contribution in [3.8, 4) is 0 Å². The minimum absolute atomic E-state index is 0.266. The van der Waals surface area contributed by atoms with Crippen molar-refractivity contribution >= 4 is 40.8 Å². The van der Waals surface area contributed by atoms with Gasteiger partial charge in [-0.2, -0.15) is 0 Å². The van der Waals surface area contributed by atoms with E-state index in [2.05, 4.69) is 10.6 Å². The standard InChI is InChI=1S/C20H20ClN3O3S/c1-12(13-4-6-14(21)7-5-13)22-17(25)11-24-18(26)20(23-19(24)27)9-2-3-16-15(20)8-10-28-16/h4-8,10,12H,2-3,9,11H2,1H3,(H,22,25)(H,23,27)/t12-,20-/m0/s1. The molecule has 0 radical (unpaired) electrons. The lowest BCUT2D eigenvalue weighted by Crippen LogP contribution is -2.47. The van der Waals surface area contributed by atoms with E-state index in [0.717, 1.165) is 33.7 Å². The van der Waals surface area contributed by atoms with Crippen LogP contribution in [0.3, 0.4) is 0 Å². The van der Waals surface area contributed by atoms with Crippen LogP contribution >= 0.6 is 22.9 Å². The second kappa shape index (κ2) is 7.22. The summed E-state index contributed by atoms with van der Waals surface area (Å²) in [6.07, 6.45) is 2.30. The van der Waals surface area contributed by atoms with Crippen LogP contribution in [0.1, 0.15) is 41.8 Å². The molecule has 2 aromatic rings. The van der Waals surface area contributed by atoms with E-state index in [1.807, 2.05) is 30.5 Å². The predicted molar refractivity (Wildman–Crippen MR) is 107 cm³/mol. The third-order valence-electron chi connectivity index (χ3n) is 5.39. The highest BCUT2D eigenvalue weighted by Crippen LogP contribution is 2.42. The molecule has 2 atom stereocenters. The number of hydrogen-bond donors (Lipinski definition) is 2. The maximum atomic E-state index is 13.1. The summed E-state index contributed by atoms with van der Waals surface area (Å²) in [4.78, 5) is 40.3. The lowest BCUT2D eigenvalue weighted by atomic mass is 9.80. The summed E-state index contributed by atoms with van der Waals surface area (Å²) < 4.78 is 0. The lowest BCUT2D eigenvalue weighted by molar-refractivity contribution is -0.135. The van der Waals surface area contributed by atoms with Crippen molar-refractivity contribution in [1.82, 2.24) is 15.5 Å². The van der Waals surface area contributed by atoms with Crippen molar-refractivity contribution in [2.45, 2.75) is 37.8 Å². The van der Waals surface area contributed by atoms with Crippen LogP contribution in [0.15, 0.2) is 35.7 Å². The number of imide groups is 1. The molecule has 0 bridgehead atoms. The van der Waals surface area contributed by atoms with Gasteiger partial charge in [0.15, 0.2) is 0 Å². The van der Waals surface area contributed by atoms with E-state index >= 15 is 0 Å². The largest absolute Gasteiger partial charge is 0.348 e. The molecule has 4 amide bonds. The number of amides is 4. The third-order valence-corrected chi connectivity index (χ3v) is 6.62. The topological polar surface area (TPSA) is 78.5 Å². The summed E-state index contributed by atoms with van der Waals surface area (Å²) >= 11 is 7.49. The van der Waals surface area contributed by atoms with Crippen LogP contribution in [0.2, 0.25) is 5.02 Å². The Kier molecular flexibility index (Phi) is 4.89. The summed E-state index contributed by atoms with van der Waals surface area (Å²) in [7, 11) is 0. The molecule has 4 rings (SSSR count). The highest BCUT2D eigenvalue weighted by Gasteiger charge is 2.54. The number of benzene rings is 1. The first-order valence-electron chi connectivity index (χ1n) is 9.16. The molecule has 8 heteroatoms. The molecule has 6 nitrogen and oxygen atoms in total. The normalized spacial score (nSPS) is 22.1. The molecule has 1 aromatic heterocycles. The van der Waals surface area contributed by atoms with Gasteiger partial charge in [0.1, 0.15) is 12.1 Å². The second-order valence-electron chi connectivity index (χ2n) is 7.18. The van der Waals surface area contributed by atoms with Crippen molar-refractivity contribution < 1.29 is 14.4 Å². The number of thiophene rings is 1. The third kappa shape index (κ3) is 3.18. The number of halogens is 1. The van der Waals surface area contributed by atoms with Gasteiger partial charge in [-0.1, -0.05) is 23.7 Å². The molecule has 1 fully saturated rings. The zero-order valence-electron chi connectivity index (χ0n) is 15.3. The number of nitrogens with one attached hydrogen (secondary N) is 2. The number of nitrogens with zero attached hydrogens (tertiary/aromatic N) is 1. The van der Waals surface area contributed by atoms with Gasteiger partial charge in [-0.25, -0.2) is 4.79 Å². The zero-order valence-corrected chi connectivity index (χ0v) is 16.9. The average molecular weight is 418 g/mol. The van der Waals surface area contributed by atoms with E-state index in [0.29, 0.717) is 11.4 Å². The number of carbonyl (C=O) groups excluding carboxylic acids is 3. The second-order valence-corrected chi connectivity index (χ2v) is 8.62. The quantitative estimate of drug-likeness (QED) is 0.748. The summed E-state index contributed by atoms with van der Waals surface area (Å²) in [5, 5.41) is 8.26. The monoisotopic (exact) mass is 417 g/mol. The number of rotatable bonds is 4. The van der Waals surface area contributed by atoms with E-state index in [1.54, 1.807) is 23.5 Å². The molecule has 2 heterocycles. The average Bonchev–Trinajstić information content (AvgIpc) is 3.23. The van der Waals surface area contributed by atoms with Gasteiger partial charge in [-0.15, -0.1) is 11.3 Å². The highest BCUT2D eigenvalue weighted by molar-refractivity contribution is 7.10. The highest BCUT2D eigenvalue weighted by atomic mass is 35.5. The number of fused-ring (bicyclic) bond motifs is 2. The minimum Gasteiger partial charge on any atom is -0.348 e. The number of aryl methyl sites for hydroxylation is 1. The predicted octanol–water partition coefficient (Wildman–Crippen LogP) is 3.36. The molecule has 1 aliphatic carbocycles. The number of urea groups is 1. The van der Waals surface area contributed by atoms with E-state index in [9.17, 15) is 14.4 Å². The van der Waals surface area contributed by atoms with Crippen molar-refractivity contribution in [1.29, 1.82) is 0 Å². The molecular formula is C20H20ClN3O3S. The first-order chi connectivity index (χ1) is 13.4. The molecular weight excluding hydrogens is 398 g/mol. The smallest absolute Gasteiger partial charge is 0.325 e. The first-order valence-corrected chi connectivity index (χ1v) is 10.4. The molecule has 1 aliphatic heterocycles. The van der Waals surface area contributed by atoms with Gasteiger partial charge >= 0.3 is 6.03 Å². The first kappa shape index (κ1) is 19.0. The fourth-order valence-corrected chi connectivity index (χ4v) is 5.08. The summed E-state index contributed by atoms with van der Waals surface area (Å²) in [6.45, 7) is 1.54. The van der Waals surface area contributed by atoms with Gasteiger partial charge in [0, 0.05) is 15.5 Å². The minimum atomic E-state index is -1.02. The lowest BCUT2D eigenvalue weighted by Gasteiger charge is -2.31. The fraction of sp³-hybridized carbons (Fsp3) is 0.350. The van der Waals surface area contributed by atoms with Crippen molar-refractivity contribution in [3.63, 3.8) is 0 Å². The van der Waals surface area contributed by atoms with Gasteiger partial charge in [-0.3, -0.25) is 14.5 Å². The fourth-order valence-electron chi connectivity index (χ4n) is 3.95. The van der Waals surface area contributed by atoms with Crippen LogP contribution in [0, 0.1) is 0 Å². The Balaban J connectivity index is 1.47. The van der Waals surface area contributed by atoms with Gasteiger partial charge in [0.05, 0.1) is 6.04 Å². The Labute approximate surface area is 171 Å². The molecule has 28 heavy (non-hydrogen) atoms. The van der Waals surface area contributed by atoms with E-state index < -0.39 is 11.6 Å². The summed E-state index contributed by atoms with van der Waals surface area (Å²) in [5.74, 6) is -0.726. The molecule has 146 valence electrons. The SMILES string of the molecule is C[C@H](NC(=O)CN1C(=O)N[C@]2(CCCc3sccc32)C1=O)c1ccc(Cl)cc1. The van der Waals surface area contributed by atoms with E-state index in [-0.39, 0.29) is 24.4 Å². The van der Waals surface area contributed by atoms with Crippen LogP contribution in [-0.4, -0.2) is 29.3 Å². The Morgan fingerprint density at radius 3 is 2.82 bits per heavy atom. The molecule has 1 spiro atoms. The van der Waals surface area contributed by atoms with Gasteiger partial charge in [0.2, 0.25) is 5.91 Å². The zero-order chi connectivity index (χ0) is 19.9. The Morgan fingerprint density at radius 2 is 2.07 bits per heavy atom. The molecule has 0 saturated carbocycles. The van der Waals surface area contributed by atoms with Crippen molar-refractivity contribution in [2.24, 2.45) is 0 Å². The van der Waals surface area contributed by atoms with E-state index in [1.165, 1.54) is 0 Å². The maximum absolute atomic E-state index is 13.1. The van der Waals surface area contributed by atoms with Crippen LogP contribution in [0.5, 0.6) is 0 Å². The Hall–Kier alpha value is -2.38. The van der Waals surface area contributed by atoms with Gasteiger partial charge in [-0.05, 0) is 55.3 Å². The maximum Gasteiger partial charge on any atom is 0.325 e.